The molecule has 2 heterocycles. The summed E-state index contributed by atoms with van der Waals surface area (Å²) in [6.45, 7) is 12.3. The minimum Gasteiger partial charge on any atom is -0.494 e. The van der Waals surface area contributed by atoms with Crippen molar-refractivity contribution in [3.05, 3.63) is 23.3 Å². The Hall–Kier alpha value is -1.26. The van der Waals surface area contributed by atoms with Crippen molar-refractivity contribution in [2.24, 2.45) is 10.9 Å². The molecule has 0 aliphatic carbocycles. The number of likely N-dealkylation sites (tertiary alicyclic amines) is 1. The van der Waals surface area contributed by atoms with Gasteiger partial charge in [0.05, 0.1) is 33.0 Å². The second kappa shape index (κ2) is 13.3. The highest BCUT2D eigenvalue weighted by atomic mass is 127. The Morgan fingerprint density at radius 2 is 2.13 bits per heavy atom. The summed E-state index contributed by atoms with van der Waals surface area (Å²) < 4.78 is 22.6. The van der Waals surface area contributed by atoms with Crippen molar-refractivity contribution in [3.8, 4) is 11.5 Å². The monoisotopic (exact) mass is 547 g/mol. The third-order valence-electron chi connectivity index (χ3n) is 5.48. The van der Waals surface area contributed by atoms with Crippen LogP contribution < -0.4 is 14.8 Å². The minimum absolute atomic E-state index is 0. The Labute approximate surface area is 203 Å². The lowest BCUT2D eigenvalue weighted by molar-refractivity contribution is 0.0536. The summed E-state index contributed by atoms with van der Waals surface area (Å²) >= 11 is 0. The molecule has 7 nitrogen and oxygen atoms in total. The van der Waals surface area contributed by atoms with Gasteiger partial charge in [-0.2, -0.15) is 0 Å². The molecule has 176 valence electrons. The first kappa shape index (κ1) is 26.0. The topological polar surface area (TPSA) is 64.6 Å². The number of aliphatic imine (C=N–C) groups is 1. The van der Waals surface area contributed by atoms with Crippen molar-refractivity contribution < 1.29 is 18.9 Å². The molecule has 3 rings (SSSR count). The predicted molar refractivity (Wildman–Crippen MR) is 134 cm³/mol. The fourth-order valence-electron chi connectivity index (χ4n) is 4.03. The van der Waals surface area contributed by atoms with Crippen LogP contribution in [0.4, 0.5) is 0 Å². The molecule has 8 heteroatoms. The Kier molecular flexibility index (Phi) is 11.2. The Bertz CT molecular complexity index is 716. The maximum atomic E-state index is 5.95. The van der Waals surface area contributed by atoms with Gasteiger partial charge in [0.1, 0.15) is 17.6 Å². The number of rotatable bonds is 10. The van der Waals surface area contributed by atoms with Crippen molar-refractivity contribution >= 4 is 29.9 Å². The van der Waals surface area contributed by atoms with Crippen LogP contribution in [-0.2, 0) is 22.4 Å². The lowest BCUT2D eigenvalue weighted by Gasteiger charge is -2.22. The SMILES string of the molecule is CCNC(=NCc1cc2c(cc1OCC)CC(C)O2)N1CCC(COCCOC)C1.I. The largest absolute Gasteiger partial charge is 0.494 e. The van der Waals surface area contributed by atoms with Gasteiger partial charge in [-0.25, -0.2) is 4.99 Å². The molecular formula is C23H38IN3O4. The quantitative estimate of drug-likeness (QED) is 0.210. The molecule has 1 aromatic rings. The van der Waals surface area contributed by atoms with Gasteiger partial charge in [0.15, 0.2) is 5.96 Å². The van der Waals surface area contributed by atoms with Crippen LogP contribution in [0.15, 0.2) is 17.1 Å². The number of hydrogen-bond donors (Lipinski definition) is 1. The minimum atomic E-state index is 0. The van der Waals surface area contributed by atoms with Gasteiger partial charge in [-0.05, 0) is 39.3 Å². The number of halogens is 1. The summed E-state index contributed by atoms with van der Waals surface area (Å²) in [5.41, 5.74) is 2.29. The number of nitrogens with zero attached hydrogens (tertiary/aromatic N) is 2. The summed E-state index contributed by atoms with van der Waals surface area (Å²) in [6, 6.07) is 4.23. The average Bonchev–Trinajstić information content (AvgIpc) is 3.34. The van der Waals surface area contributed by atoms with Gasteiger partial charge >= 0.3 is 0 Å². The molecule has 0 bridgehead atoms. The molecule has 0 aromatic heterocycles. The highest BCUT2D eigenvalue weighted by Gasteiger charge is 2.26. The third-order valence-corrected chi connectivity index (χ3v) is 5.48. The zero-order valence-corrected chi connectivity index (χ0v) is 21.6. The van der Waals surface area contributed by atoms with Crippen LogP contribution in [-0.4, -0.2) is 70.1 Å². The Morgan fingerprint density at radius 3 is 2.87 bits per heavy atom. The molecule has 2 aliphatic rings. The van der Waals surface area contributed by atoms with Gasteiger partial charge in [0, 0.05) is 50.2 Å². The van der Waals surface area contributed by atoms with Gasteiger partial charge in [-0.1, -0.05) is 0 Å². The molecule has 0 saturated carbocycles. The van der Waals surface area contributed by atoms with E-state index in [2.05, 4.69) is 36.2 Å². The normalized spacial score (nSPS) is 20.3. The molecule has 2 aliphatic heterocycles. The molecule has 0 spiro atoms. The van der Waals surface area contributed by atoms with Gasteiger partial charge in [-0.15, -0.1) is 24.0 Å². The number of hydrogen-bond acceptors (Lipinski definition) is 5. The van der Waals surface area contributed by atoms with Gasteiger partial charge in [0.25, 0.3) is 0 Å². The van der Waals surface area contributed by atoms with E-state index in [0.29, 0.717) is 32.3 Å². The van der Waals surface area contributed by atoms with Gasteiger partial charge in [-0.3, -0.25) is 0 Å². The molecule has 2 unspecified atom stereocenters. The molecule has 1 saturated heterocycles. The van der Waals surface area contributed by atoms with E-state index in [1.165, 1.54) is 5.56 Å². The first-order valence-electron chi connectivity index (χ1n) is 11.2. The molecule has 0 amide bonds. The predicted octanol–water partition coefficient (Wildman–Crippen LogP) is 3.48. The van der Waals surface area contributed by atoms with Crippen LogP contribution in [0.2, 0.25) is 0 Å². The zero-order valence-electron chi connectivity index (χ0n) is 19.3. The van der Waals surface area contributed by atoms with Crippen LogP contribution in [0.3, 0.4) is 0 Å². The van der Waals surface area contributed by atoms with Crippen LogP contribution in [0, 0.1) is 5.92 Å². The molecule has 31 heavy (non-hydrogen) atoms. The third kappa shape index (κ3) is 7.39. The van der Waals surface area contributed by atoms with E-state index in [9.17, 15) is 0 Å². The molecule has 2 atom stereocenters. The highest BCUT2D eigenvalue weighted by Crippen LogP contribution is 2.35. The van der Waals surface area contributed by atoms with E-state index >= 15 is 0 Å². The van der Waals surface area contributed by atoms with Crippen LogP contribution in [0.1, 0.15) is 38.3 Å². The summed E-state index contributed by atoms with van der Waals surface area (Å²) in [4.78, 5) is 7.27. The number of ether oxygens (including phenoxy) is 4. The van der Waals surface area contributed by atoms with Crippen molar-refractivity contribution in [3.63, 3.8) is 0 Å². The van der Waals surface area contributed by atoms with Crippen LogP contribution in [0.5, 0.6) is 11.5 Å². The first-order chi connectivity index (χ1) is 14.6. The van der Waals surface area contributed by atoms with E-state index in [4.69, 9.17) is 23.9 Å². The highest BCUT2D eigenvalue weighted by molar-refractivity contribution is 14.0. The lowest BCUT2D eigenvalue weighted by atomic mass is 10.1. The first-order valence-corrected chi connectivity index (χ1v) is 11.2. The summed E-state index contributed by atoms with van der Waals surface area (Å²) in [7, 11) is 1.70. The van der Waals surface area contributed by atoms with Crippen LogP contribution in [0.25, 0.3) is 0 Å². The van der Waals surface area contributed by atoms with Crippen molar-refractivity contribution in [2.45, 2.75) is 46.3 Å². The number of nitrogens with one attached hydrogen (secondary N) is 1. The summed E-state index contributed by atoms with van der Waals surface area (Å²) in [5.74, 6) is 3.36. The van der Waals surface area contributed by atoms with Gasteiger partial charge in [0.2, 0.25) is 0 Å². The maximum absolute atomic E-state index is 5.95. The smallest absolute Gasteiger partial charge is 0.194 e. The average molecular weight is 547 g/mol. The van der Waals surface area contributed by atoms with E-state index < -0.39 is 0 Å². The van der Waals surface area contributed by atoms with E-state index in [1.54, 1.807) is 7.11 Å². The Balaban J connectivity index is 0.00000341. The fourth-order valence-corrected chi connectivity index (χ4v) is 4.03. The standard InChI is InChI=1S/C23H37N3O4.HI/c1-5-24-23(26-8-7-18(15-26)16-28-10-9-27-4)25-14-20-13-22-19(11-17(3)30-22)12-21(20)29-6-2;/h12-13,17-18H,5-11,14-16H2,1-4H3,(H,24,25);1H. The summed E-state index contributed by atoms with van der Waals surface area (Å²) in [6.07, 6.45) is 2.27. The zero-order chi connectivity index (χ0) is 21.3. The van der Waals surface area contributed by atoms with Crippen molar-refractivity contribution in [1.29, 1.82) is 0 Å². The number of benzene rings is 1. The Morgan fingerprint density at radius 1 is 1.29 bits per heavy atom. The van der Waals surface area contributed by atoms with E-state index in [-0.39, 0.29) is 30.1 Å². The molecule has 0 radical (unpaired) electrons. The number of guanidine groups is 1. The van der Waals surface area contributed by atoms with E-state index in [1.807, 2.05) is 6.92 Å². The lowest BCUT2D eigenvalue weighted by Crippen LogP contribution is -2.40. The second-order valence-electron chi connectivity index (χ2n) is 7.97. The molecule has 1 N–H and O–H groups in total. The van der Waals surface area contributed by atoms with Gasteiger partial charge < -0.3 is 29.2 Å². The van der Waals surface area contributed by atoms with Crippen molar-refractivity contribution in [2.75, 3.05) is 53.2 Å². The molecule has 1 fully saturated rings. The second-order valence-corrected chi connectivity index (χ2v) is 7.97. The molecule has 1 aromatic carbocycles. The molecular weight excluding hydrogens is 509 g/mol. The summed E-state index contributed by atoms with van der Waals surface area (Å²) in [5, 5.41) is 3.45. The van der Waals surface area contributed by atoms with E-state index in [0.717, 1.165) is 62.1 Å². The number of methoxy groups -OCH3 is 1. The maximum Gasteiger partial charge on any atom is 0.194 e. The fraction of sp³-hybridized carbons (Fsp3) is 0.696. The number of fused-ring (bicyclic) bond motifs is 1. The van der Waals surface area contributed by atoms with Crippen molar-refractivity contribution in [1.82, 2.24) is 10.2 Å². The van der Waals surface area contributed by atoms with Crippen LogP contribution >= 0.6 is 24.0 Å².